The van der Waals surface area contributed by atoms with Gasteiger partial charge >= 0.3 is 0 Å². The van der Waals surface area contributed by atoms with Crippen molar-refractivity contribution in [2.24, 2.45) is 0 Å². The van der Waals surface area contributed by atoms with Gasteiger partial charge in [-0.25, -0.2) is 13.0 Å². The van der Waals surface area contributed by atoms with Crippen LogP contribution < -0.4 is 4.57 Å². The Kier molecular flexibility index (Phi) is 16.4. The lowest BCUT2D eigenvalue weighted by Crippen LogP contribution is -2.32. The molecule has 3 aromatic rings. The normalized spacial score (nSPS) is 10.8. The Morgan fingerprint density at radius 1 is 0.676 bits per heavy atom. The molecule has 1 aromatic heterocycles. The third-order valence-electron chi connectivity index (χ3n) is 6.29. The van der Waals surface area contributed by atoms with Crippen LogP contribution in [0, 0.1) is 6.92 Å². The van der Waals surface area contributed by atoms with Crippen molar-refractivity contribution in [1.29, 1.82) is 0 Å². The van der Waals surface area contributed by atoms with Crippen molar-refractivity contribution in [3.8, 4) is 0 Å². The summed E-state index contributed by atoms with van der Waals surface area (Å²) < 4.78 is 33.4. The molecule has 0 aliphatic heterocycles. The van der Waals surface area contributed by atoms with Crippen molar-refractivity contribution in [3.05, 3.63) is 95.8 Å². The van der Waals surface area contributed by atoms with E-state index >= 15 is 0 Å². The van der Waals surface area contributed by atoms with Gasteiger partial charge < -0.3 is 10.0 Å². The first-order chi connectivity index (χ1) is 17.4. The predicted octanol–water partition coefficient (Wildman–Crippen LogP) is 6.56. The maximum Gasteiger partial charge on any atom is 0.173 e. The van der Waals surface area contributed by atoms with Crippen molar-refractivity contribution in [1.82, 2.24) is 0 Å². The van der Waals surface area contributed by atoms with E-state index in [1.54, 1.807) is 12.1 Å². The number of rotatable bonds is 14. The summed E-state index contributed by atoms with van der Waals surface area (Å²) in [6, 6.07) is 21.2. The molecule has 5 nitrogen and oxygen atoms in total. The third-order valence-corrected chi connectivity index (χ3v) is 7.14. The van der Waals surface area contributed by atoms with E-state index in [4.69, 9.17) is 0 Å². The van der Waals surface area contributed by atoms with Crippen molar-refractivity contribution < 1.29 is 23.0 Å². The lowest BCUT2D eigenvalue weighted by molar-refractivity contribution is -0.688. The molecule has 0 amide bonds. The van der Waals surface area contributed by atoms with E-state index in [-0.39, 0.29) is 10.4 Å². The van der Waals surface area contributed by atoms with Crippen LogP contribution in [0.15, 0.2) is 84.0 Å². The number of nitrogens with zero attached hydrogens (tertiary/aromatic N) is 1. The van der Waals surface area contributed by atoms with Crippen LogP contribution >= 0.6 is 0 Å². The number of hydrogen-bond acceptors (Lipinski definition) is 3. The van der Waals surface area contributed by atoms with E-state index in [9.17, 15) is 13.0 Å². The highest BCUT2D eigenvalue weighted by molar-refractivity contribution is 7.85. The molecule has 204 valence electrons. The molecule has 0 radical (unpaired) electrons. The van der Waals surface area contributed by atoms with Crippen LogP contribution in [0.1, 0.15) is 87.8 Å². The molecule has 0 saturated carbocycles. The number of unbranched alkanes of at least 4 members (excludes halogenated alkanes) is 9. The second kappa shape index (κ2) is 18.7. The monoisotopic (exact) mass is 527 g/mol. The van der Waals surface area contributed by atoms with E-state index in [0.717, 1.165) is 12.1 Å². The van der Waals surface area contributed by atoms with Gasteiger partial charge in [0.15, 0.2) is 18.9 Å². The fraction of sp³-hybridized carbons (Fsp3) is 0.452. The Labute approximate surface area is 224 Å². The molecule has 2 aromatic carbocycles. The van der Waals surface area contributed by atoms with Crippen LogP contribution in [0.2, 0.25) is 0 Å². The highest BCUT2D eigenvalue weighted by Gasteiger charge is 2.02. The molecule has 0 aliphatic rings. The summed E-state index contributed by atoms with van der Waals surface area (Å²) in [4.78, 5) is -0.178. The summed E-state index contributed by atoms with van der Waals surface area (Å²) in [5.74, 6) is 0. The van der Waals surface area contributed by atoms with Crippen LogP contribution in [0.25, 0.3) is 0 Å². The average molecular weight is 528 g/mol. The maximum atomic E-state index is 10.4. The molecule has 37 heavy (non-hydrogen) atoms. The lowest BCUT2D eigenvalue weighted by atomic mass is 10.0. The topological polar surface area (TPSA) is 92.6 Å². The van der Waals surface area contributed by atoms with Gasteiger partial charge in [0, 0.05) is 17.7 Å². The van der Waals surface area contributed by atoms with Crippen LogP contribution in [-0.2, 0) is 23.1 Å². The van der Waals surface area contributed by atoms with Crippen molar-refractivity contribution in [2.45, 2.75) is 95.9 Å². The van der Waals surface area contributed by atoms with E-state index in [0.29, 0.717) is 0 Å². The smallest absolute Gasteiger partial charge is 0.173 e. The molecule has 0 unspecified atom stereocenters. The molecule has 1 heterocycles. The van der Waals surface area contributed by atoms with Gasteiger partial charge in [0.1, 0.15) is 10.1 Å². The van der Waals surface area contributed by atoms with Gasteiger partial charge in [0.2, 0.25) is 0 Å². The van der Waals surface area contributed by atoms with Crippen LogP contribution in [0.5, 0.6) is 0 Å². The molecule has 6 heteroatoms. The van der Waals surface area contributed by atoms with Crippen molar-refractivity contribution >= 4 is 10.1 Å². The summed E-state index contributed by atoms with van der Waals surface area (Å²) in [5.41, 5.74) is 3.79. The molecule has 0 fully saturated rings. The molecule has 3 rings (SSSR count). The van der Waals surface area contributed by atoms with E-state index in [2.05, 4.69) is 66.3 Å². The first-order valence-corrected chi connectivity index (χ1v) is 14.8. The Balaban J connectivity index is 0.000000479. The second-order valence-corrected chi connectivity index (χ2v) is 10.9. The summed E-state index contributed by atoms with van der Waals surface area (Å²) in [6.07, 6.45) is 19.6. The fourth-order valence-corrected chi connectivity index (χ4v) is 4.55. The molecule has 0 spiro atoms. The minimum absolute atomic E-state index is 0. The Morgan fingerprint density at radius 3 is 1.68 bits per heavy atom. The van der Waals surface area contributed by atoms with Gasteiger partial charge in [0.05, 0.1) is 4.90 Å². The van der Waals surface area contributed by atoms with Crippen LogP contribution in [0.3, 0.4) is 0 Å². The minimum atomic E-state index is -4.27. The summed E-state index contributed by atoms with van der Waals surface area (Å²) in [7, 11) is -4.27. The highest BCUT2D eigenvalue weighted by atomic mass is 32.2. The van der Waals surface area contributed by atoms with Crippen LogP contribution in [-0.4, -0.2) is 18.4 Å². The zero-order valence-electron chi connectivity index (χ0n) is 22.6. The molecule has 2 N–H and O–H groups in total. The van der Waals surface area contributed by atoms with Gasteiger partial charge in [-0.2, -0.15) is 0 Å². The van der Waals surface area contributed by atoms with Crippen molar-refractivity contribution in [3.63, 3.8) is 0 Å². The van der Waals surface area contributed by atoms with E-state index in [1.807, 2.05) is 6.92 Å². The van der Waals surface area contributed by atoms with E-state index < -0.39 is 10.1 Å². The molecular formula is C31H45NO4S. The molecule has 0 bridgehead atoms. The first kappa shape index (κ1) is 32.5. The highest BCUT2D eigenvalue weighted by Crippen LogP contribution is 2.13. The SMILES string of the molecule is CCCCCCCCCCCCc1ccc(C[n+]2ccccc2)cc1.Cc1ccc(S(=O)(=O)[O-])cc1.O. The first-order valence-electron chi connectivity index (χ1n) is 13.4. The maximum absolute atomic E-state index is 10.4. The number of aryl methyl sites for hydroxylation is 2. The van der Waals surface area contributed by atoms with Crippen LogP contribution in [0.4, 0.5) is 0 Å². The van der Waals surface area contributed by atoms with E-state index in [1.165, 1.54) is 93.9 Å². The number of benzene rings is 2. The third kappa shape index (κ3) is 14.7. The molecule has 0 saturated heterocycles. The Bertz CT molecular complexity index is 1070. The van der Waals surface area contributed by atoms with Gasteiger partial charge in [0.25, 0.3) is 0 Å². The number of pyridine rings is 1. The standard InChI is InChI=1S/C24H36N.C7H8O3S.H2O/c1-2-3-4-5-6-7-8-9-10-12-15-23-16-18-24(19-17-23)22-25-20-13-11-14-21-25;1-6-2-4-7(5-3-6)11(8,9)10;/h11,13-14,16-21H,2-10,12,15,22H2,1H3;2-5H,1H3,(H,8,9,10);1H2/q+1;;/p-1. The molecule has 0 aliphatic carbocycles. The number of aromatic nitrogens is 1. The number of hydrogen-bond donors (Lipinski definition) is 0. The summed E-state index contributed by atoms with van der Waals surface area (Å²) in [5, 5.41) is 0. The Morgan fingerprint density at radius 2 is 1.16 bits per heavy atom. The molecular weight excluding hydrogens is 482 g/mol. The lowest BCUT2D eigenvalue weighted by Gasteiger charge is -2.05. The second-order valence-electron chi connectivity index (χ2n) is 9.56. The zero-order chi connectivity index (χ0) is 26.1. The van der Waals surface area contributed by atoms with Gasteiger partial charge in [-0.3, -0.25) is 0 Å². The Hall–Kier alpha value is -2.54. The summed E-state index contributed by atoms with van der Waals surface area (Å²) >= 11 is 0. The van der Waals surface area contributed by atoms with Crippen molar-refractivity contribution in [2.75, 3.05) is 0 Å². The minimum Gasteiger partial charge on any atom is -0.744 e. The molecule has 0 atom stereocenters. The van der Waals surface area contributed by atoms with Gasteiger partial charge in [-0.05, 0) is 37.5 Å². The quantitative estimate of drug-likeness (QED) is 0.135. The van der Waals surface area contributed by atoms with Gasteiger partial charge in [-0.15, -0.1) is 0 Å². The fourth-order valence-electron chi connectivity index (χ4n) is 4.08. The largest absolute Gasteiger partial charge is 0.744 e. The average Bonchev–Trinajstić information content (AvgIpc) is 2.87. The predicted molar refractivity (Wildman–Crippen MR) is 150 cm³/mol. The zero-order valence-corrected chi connectivity index (χ0v) is 23.4. The van der Waals surface area contributed by atoms with Gasteiger partial charge in [-0.1, -0.05) is 113 Å². The summed E-state index contributed by atoms with van der Waals surface area (Å²) in [6.45, 7) is 5.07.